The topological polar surface area (TPSA) is 85.8 Å². The van der Waals surface area contributed by atoms with E-state index in [-0.39, 0.29) is 17.8 Å². The molecule has 2 fully saturated rings. The van der Waals surface area contributed by atoms with Gasteiger partial charge in [-0.25, -0.2) is 0 Å². The average Bonchev–Trinajstić information content (AvgIpc) is 3.38. The standard InChI is InChI=1S/C18H24BrN5O2/c1-9(14-7-12-4-5-13(14)6-12)20-17(25)18-21-15(23-26-18)8-24-11(3)16(19)10(2)22-24/h9,12-14H,4-8H2,1-3H3,(H,20,25)/t9-,12+,13+,14+/m0/s1. The fraction of sp³-hybridized carbons (Fsp3) is 0.667. The van der Waals surface area contributed by atoms with Crippen LogP contribution in [0.3, 0.4) is 0 Å². The molecule has 4 rings (SSSR count). The molecule has 0 unspecified atom stereocenters. The predicted octanol–water partition coefficient (Wildman–Crippen LogP) is 3.25. The van der Waals surface area contributed by atoms with E-state index in [1.165, 1.54) is 25.7 Å². The van der Waals surface area contributed by atoms with Gasteiger partial charge in [0.25, 0.3) is 0 Å². The van der Waals surface area contributed by atoms with Crippen LogP contribution in [-0.4, -0.2) is 31.9 Å². The third-order valence-electron chi connectivity index (χ3n) is 6.04. The Labute approximate surface area is 161 Å². The van der Waals surface area contributed by atoms with Crippen molar-refractivity contribution in [3.63, 3.8) is 0 Å². The number of fused-ring (bicyclic) bond motifs is 2. The summed E-state index contributed by atoms with van der Waals surface area (Å²) in [4.78, 5) is 16.7. The monoisotopic (exact) mass is 421 g/mol. The van der Waals surface area contributed by atoms with Gasteiger partial charge in [0.05, 0.1) is 15.9 Å². The van der Waals surface area contributed by atoms with Gasteiger partial charge in [-0.2, -0.15) is 10.1 Å². The van der Waals surface area contributed by atoms with Gasteiger partial charge in [-0.3, -0.25) is 9.48 Å². The molecule has 2 aliphatic rings. The first-order valence-electron chi connectivity index (χ1n) is 9.25. The minimum Gasteiger partial charge on any atom is -0.345 e. The Bertz CT molecular complexity index is 830. The molecule has 0 aliphatic heterocycles. The minimum atomic E-state index is -0.284. The van der Waals surface area contributed by atoms with Crippen molar-refractivity contribution in [3.8, 4) is 0 Å². The predicted molar refractivity (Wildman–Crippen MR) is 98.7 cm³/mol. The lowest BCUT2D eigenvalue weighted by Crippen LogP contribution is -2.40. The third-order valence-corrected chi connectivity index (χ3v) is 7.19. The normalized spacial score (nSPS) is 25.6. The van der Waals surface area contributed by atoms with Gasteiger partial charge in [-0.1, -0.05) is 11.6 Å². The van der Waals surface area contributed by atoms with Gasteiger partial charge < -0.3 is 9.84 Å². The molecular formula is C18H24BrN5O2. The quantitative estimate of drug-likeness (QED) is 0.800. The Kier molecular flexibility index (Phi) is 4.62. The van der Waals surface area contributed by atoms with E-state index in [1.807, 2.05) is 13.8 Å². The SMILES string of the molecule is Cc1nn(Cc2noc(C(=O)N[C@@H](C)[C@H]3C[C@@H]4CC[C@@H]3C4)n2)c(C)c1Br. The number of hydrogen-bond donors (Lipinski definition) is 1. The molecule has 0 aromatic carbocycles. The van der Waals surface area contributed by atoms with E-state index in [0.29, 0.717) is 18.3 Å². The third kappa shape index (κ3) is 3.19. The van der Waals surface area contributed by atoms with E-state index >= 15 is 0 Å². The van der Waals surface area contributed by atoms with E-state index in [0.717, 1.165) is 27.7 Å². The molecule has 2 aliphatic carbocycles. The summed E-state index contributed by atoms with van der Waals surface area (Å²) in [5.74, 6) is 2.38. The molecule has 1 amide bonds. The zero-order valence-electron chi connectivity index (χ0n) is 15.3. The van der Waals surface area contributed by atoms with Crippen LogP contribution in [0.2, 0.25) is 0 Å². The molecule has 7 nitrogen and oxygen atoms in total. The summed E-state index contributed by atoms with van der Waals surface area (Å²) in [6.45, 7) is 6.36. The molecule has 140 valence electrons. The van der Waals surface area contributed by atoms with Crippen LogP contribution in [0.4, 0.5) is 0 Å². The molecule has 0 saturated heterocycles. The van der Waals surface area contributed by atoms with Crippen molar-refractivity contribution in [2.45, 2.75) is 59.0 Å². The fourth-order valence-electron chi connectivity index (χ4n) is 4.66. The summed E-state index contributed by atoms with van der Waals surface area (Å²) in [7, 11) is 0. The Morgan fingerprint density at radius 1 is 1.38 bits per heavy atom. The summed E-state index contributed by atoms with van der Waals surface area (Å²) in [5.41, 5.74) is 1.90. The zero-order chi connectivity index (χ0) is 18.4. The summed E-state index contributed by atoms with van der Waals surface area (Å²) < 4.78 is 7.94. The second-order valence-electron chi connectivity index (χ2n) is 7.76. The minimum absolute atomic E-state index is 0.0237. The van der Waals surface area contributed by atoms with Crippen LogP contribution in [0.25, 0.3) is 0 Å². The van der Waals surface area contributed by atoms with Crippen molar-refractivity contribution in [2.24, 2.45) is 17.8 Å². The van der Waals surface area contributed by atoms with Crippen LogP contribution in [0.5, 0.6) is 0 Å². The number of halogens is 1. The van der Waals surface area contributed by atoms with Gasteiger partial charge in [-0.15, -0.1) is 0 Å². The second-order valence-corrected chi connectivity index (χ2v) is 8.55. The molecular weight excluding hydrogens is 398 g/mol. The number of carbonyl (C=O) groups excluding carboxylic acids is 1. The number of nitrogens with one attached hydrogen (secondary N) is 1. The summed E-state index contributed by atoms with van der Waals surface area (Å²) in [6.07, 6.45) is 5.22. The Balaban J connectivity index is 1.39. The zero-order valence-corrected chi connectivity index (χ0v) is 16.9. The van der Waals surface area contributed by atoms with Crippen LogP contribution in [0, 0.1) is 31.6 Å². The van der Waals surface area contributed by atoms with Crippen molar-refractivity contribution in [2.75, 3.05) is 0 Å². The van der Waals surface area contributed by atoms with Crippen LogP contribution < -0.4 is 5.32 Å². The van der Waals surface area contributed by atoms with Gasteiger partial charge >= 0.3 is 11.8 Å². The molecule has 26 heavy (non-hydrogen) atoms. The van der Waals surface area contributed by atoms with Gasteiger partial charge in [0.1, 0.15) is 6.54 Å². The lowest BCUT2D eigenvalue weighted by atomic mass is 9.84. The van der Waals surface area contributed by atoms with Crippen LogP contribution in [0.15, 0.2) is 9.00 Å². The Morgan fingerprint density at radius 2 is 2.19 bits per heavy atom. The number of hydrogen-bond acceptors (Lipinski definition) is 5. The van der Waals surface area contributed by atoms with Crippen LogP contribution in [0.1, 0.15) is 60.5 Å². The Morgan fingerprint density at radius 3 is 2.81 bits per heavy atom. The number of aromatic nitrogens is 4. The lowest BCUT2D eigenvalue weighted by molar-refractivity contribution is 0.0871. The van der Waals surface area contributed by atoms with Crippen molar-refractivity contribution in [1.82, 2.24) is 25.2 Å². The fourth-order valence-corrected chi connectivity index (χ4v) is 4.94. The number of nitrogens with zero attached hydrogens (tertiary/aromatic N) is 4. The van der Waals surface area contributed by atoms with Crippen LogP contribution in [-0.2, 0) is 6.54 Å². The number of aryl methyl sites for hydroxylation is 1. The molecule has 2 bridgehead atoms. The maximum absolute atomic E-state index is 12.5. The van der Waals surface area contributed by atoms with Crippen molar-refractivity contribution < 1.29 is 9.32 Å². The Hall–Kier alpha value is -1.70. The van der Waals surface area contributed by atoms with Gasteiger partial charge in [-0.05, 0) is 73.7 Å². The van der Waals surface area contributed by atoms with E-state index in [1.54, 1.807) is 4.68 Å². The number of carbonyl (C=O) groups is 1. The first-order chi connectivity index (χ1) is 12.4. The number of amides is 1. The van der Waals surface area contributed by atoms with Crippen LogP contribution >= 0.6 is 15.9 Å². The van der Waals surface area contributed by atoms with E-state index < -0.39 is 0 Å². The number of rotatable bonds is 5. The van der Waals surface area contributed by atoms with Crippen molar-refractivity contribution in [1.29, 1.82) is 0 Å². The molecule has 4 atom stereocenters. The van der Waals surface area contributed by atoms with E-state index in [4.69, 9.17) is 4.52 Å². The first-order valence-corrected chi connectivity index (χ1v) is 10.0. The summed E-state index contributed by atoms with van der Waals surface area (Å²) >= 11 is 3.50. The van der Waals surface area contributed by atoms with Gasteiger partial charge in [0.2, 0.25) is 0 Å². The molecule has 2 heterocycles. The lowest BCUT2D eigenvalue weighted by Gasteiger charge is -2.28. The first kappa shape index (κ1) is 17.7. The molecule has 0 radical (unpaired) electrons. The van der Waals surface area contributed by atoms with Crippen molar-refractivity contribution >= 4 is 21.8 Å². The maximum Gasteiger partial charge on any atom is 0.316 e. The molecule has 8 heteroatoms. The highest BCUT2D eigenvalue weighted by Gasteiger charge is 2.42. The molecule has 2 aromatic rings. The second kappa shape index (κ2) is 6.79. The molecule has 0 spiro atoms. The van der Waals surface area contributed by atoms with Crippen molar-refractivity contribution in [3.05, 3.63) is 27.6 Å². The summed E-state index contributed by atoms with van der Waals surface area (Å²) in [5, 5.41) is 11.4. The highest BCUT2D eigenvalue weighted by Crippen LogP contribution is 2.49. The van der Waals surface area contributed by atoms with E-state index in [9.17, 15) is 4.79 Å². The molecule has 2 aromatic heterocycles. The average molecular weight is 422 g/mol. The molecule has 1 N–H and O–H groups in total. The van der Waals surface area contributed by atoms with E-state index in [2.05, 4.69) is 43.4 Å². The smallest absolute Gasteiger partial charge is 0.316 e. The largest absolute Gasteiger partial charge is 0.345 e. The highest BCUT2D eigenvalue weighted by molar-refractivity contribution is 9.10. The summed E-state index contributed by atoms with van der Waals surface area (Å²) in [6, 6.07) is 0.139. The maximum atomic E-state index is 12.5. The molecule has 2 saturated carbocycles. The highest BCUT2D eigenvalue weighted by atomic mass is 79.9. The van der Waals surface area contributed by atoms with Gasteiger partial charge in [0.15, 0.2) is 5.82 Å². The van der Waals surface area contributed by atoms with Gasteiger partial charge in [0, 0.05) is 6.04 Å².